The highest BCUT2D eigenvalue weighted by molar-refractivity contribution is 6.31. The maximum atomic E-state index is 9.25. The van der Waals surface area contributed by atoms with Gasteiger partial charge in [-0.15, -0.1) is 34.8 Å². The monoisotopic (exact) mass is 220 g/mol. The van der Waals surface area contributed by atoms with E-state index in [1.54, 1.807) is 6.92 Å². The summed E-state index contributed by atoms with van der Waals surface area (Å²) in [5.41, 5.74) is 0. The molecular weight excluding hydrogens is 210 g/mol. The fourth-order valence-corrected chi connectivity index (χ4v) is 1.14. The van der Waals surface area contributed by atoms with Crippen LogP contribution in [0, 0.1) is 0 Å². The highest BCUT2D eigenvalue weighted by Gasteiger charge is 2.27. The molecule has 0 saturated heterocycles. The molecule has 0 fully saturated rings. The Morgan fingerprint density at radius 3 is 2.00 bits per heavy atom. The zero-order chi connectivity index (χ0) is 9.02. The van der Waals surface area contributed by atoms with Crippen molar-refractivity contribution in [1.29, 1.82) is 0 Å². The fraction of sp³-hybridized carbons (Fsp3) is 1.00. The molecule has 5 heteroatoms. The molecule has 68 valence electrons. The van der Waals surface area contributed by atoms with E-state index in [1.807, 2.05) is 0 Å². The normalized spacial score (nSPS) is 22.4. The summed E-state index contributed by atoms with van der Waals surface area (Å²) in [7, 11) is 0. The quantitative estimate of drug-likeness (QED) is 0.700. The molecule has 0 amide bonds. The standard InChI is InChI=1S/C6H11Cl3O2/c1-3(7)5(9)6(11)4(8)2-10/h3-6,10-11H,2H2,1H3/t3-,4+,5+,6+/m1/s1. The third-order valence-electron chi connectivity index (χ3n) is 1.31. The molecular formula is C6H11Cl3O2. The molecule has 0 rings (SSSR count). The van der Waals surface area contributed by atoms with Crippen LogP contribution >= 0.6 is 34.8 Å². The number of alkyl halides is 3. The van der Waals surface area contributed by atoms with Crippen molar-refractivity contribution in [3.8, 4) is 0 Å². The first-order chi connectivity index (χ1) is 5.00. The van der Waals surface area contributed by atoms with E-state index < -0.39 is 16.9 Å². The van der Waals surface area contributed by atoms with Crippen molar-refractivity contribution in [2.24, 2.45) is 0 Å². The number of hydrogen-bond donors (Lipinski definition) is 2. The maximum absolute atomic E-state index is 9.25. The van der Waals surface area contributed by atoms with Crippen LogP contribution in [0.15, 0.2) is 0 Å². The van der Waals surface area contributed by atoms with Gasteiger partial charge in [0.15, 0.2) is 0 Å². The molecule has 0 heterocycles. The van der Waals surface area contributed by atoms with Gasteiger partial charge in [0.25, 0.3) is 0 Å². The van der Waals surface area contributed by atoms with Gasteiger partial charge in [0.2, 0.25) is 0 Å². The van der Waals surface area contributed by atoms with Crippen LogP contribution in [0.5, 0.6) is 0 Å². The van der Waals surface area contributed by atoms with Crippen molar-refractivity contribution < 1.29 is 10.2 Å². The van der Waals surface area contributed by atoms with E-state index in [9.17, 15) is 5.11 Å². The predicted octanol–water partition coefficient (Wildman–Crippen LogP) is 1.18. The predicted molar refractivity (Wildman–Crippen MR) is 47.7 cm³/mol. The second-order valence-corrected chi connectivity index (χ2v) is 4.06. The van der Waals surface area contributed by atoms with Crippen molar-refractivity contribution in [2.45, 2.75) is 29.2 Å². The summed E-state index contributed by atoms with van der Waals surface area (Å²) in [6, 6.07) is 0. The van der Waals surface area contributed by atoms with Crippen molar-refractivity contribution in [3.05, 3.63) is 0 Å². The van der Waals surface area contributed by atoms with Gasteiger partial charge >= 0.3 is 0 Å². The third kappa shape index (κ3) is 3.81. The van der Waals surface area contributed by atoms with Crippen LogP contribution in [0.25, 0.3) is 0 Å². The molecule has 2 N–H and O–H groups in total. The third-order valence-corrected chi connectivity index (χ3v) is 2.74. The Balaban J connectivity index is 3.90. The minimum atomic E-state index is -0.976. The highest BCUT2D eigenvalue weighted by atomic mass is 35.5. The van der Waals surface area contributed by atoms with Crippen molar-refractivity contribution in [1.82, 2.24) is 0 Å². The van der Waals surface area contributed by atoms with Crippen LogP contribution in [0.3, 0.4) is 0 Å². The lowest BCUT2D eigenvalue weighted by molar-refractivity contribution is 0.133. The Hall–Kier alpha value is 0.790. The summed E-state index contributed by atoms with van der Waals surface area (Å²) < 4.78 is 0. The highest BCUT2D eigenvalue weighted by Crippen LogP contribution is 2.18. The summed E-state index contributed by atoms with van der Waals surface area (Å²) in [6.07, 6.45) is -0.976. The molecule has 0 spiro atoms. The minimum absolute atomic E-state index is 0.310. The number of hydrogen-bond acceptors (Lipinski definition) is 2. The lowest BCUT2D eigenvalue weighted by Gasteiger charge is -2.21. The molecule has 11 heavy (non-hydrogen) atoms. The number of aliphatic hydroxyl groups is 2. The van der Waals surface area contributed by atoms with Crippen LogP contribution in [0.1, 0.15) is 6.92 Å². The van der Waals surface area contributed by atoms with E-state index >= 15 is 0 Å². The minimum Gasteiger partial charge on any atom is -0.395 e. The Bertz CT molecular complexity index is 110. The molecule has 0 bridgehead atoms. The van der Waals surface area contributed by atoms with Crippen LogP contribution < -0.4 is 0 Å². The molecule has 0 aromatic rings. The topological polar surface area (TPSA) is 40.5 Å². The van der Waals surface area contributed by atoms with Gasteiger partial charge in [0.1, 0.15) is 0 Å². The van der Waals surface area contributed by atoms with Crippen LogP contribution in [-0.2, 0) is 0 Å². The maximum Gasteiger partial charge on any atom is 0.0903 e. The fourth-order valence-electron chi connectivity index (χ4n) is 0.579. The molecule has 0 aromatic carbocycles. The summed E-state index contributed by atoms with van der Waals surface area (Å²) in [4.78, 5) is 0. The van der Waals surface area contributed by atoms with Gasteiger partial charge in [0, 0.05) is 5.38 Å². The first-order valence-corrected chi connectivity index (χ1v) is 4.52. The van der Waals surface area contributed by atoms with Gasteiger partial charge in [-0.05, 0) is 6.92 Å². The molecule has 4 atom stereocenters. The number of halogens is 3. The van der Waals surface area contributed by atoms with Gasteiger partial charge in [0.05, 0.1) is 23.5 Å². The Kier molecular flexibility index (Phi) is 5.83. The van der Waals surface area contributed by atoms with Gasteiger partial charge < -0.3 is 10.2 Å². The van der Waals surface area contributed by atoms with Crippen molar-refractivity contribution >= 4 is 34.8 Å². The number of rotatable bonds is 4. The molecule has 0 unspecified atom stereocenters. The van der Waals surface area contributed by atoms with Gasteiger partial charge in [-0.3, -0.25) is 0 Å². The summed E-state index contributed by atoms with van der Waals surface area (Å²) in [5.74, 6) is 0. The zero-order valence-electron chi connectivity index (χ0n) is 6.04. The lowest BCUT2D eigenvalue weighted by Crippen LogP contribution is -2.37. The molecule has 0 aliphatic carbocycles. The van der Waals surface area contributed by atoms with Crippen LogP contribution in [0.2, 0.25) is 0 Å². The Morgan fingerprint density at radius 1 is 1.27 bits per heavy atom. The average molecular weight is 222 g/mol. The number of aliphatic hydroxyl groups excluding tert-OH is 2. The van der Waals surface area contributed by atoms with Crippen LogP contribution in [-0.4, -0.2) is 39.1 Å². The largest absolute Gasteiger partial charge is 0.395 e. The smallest absolute Gasteiger partial charge is 0.0903 e. The molecule has 0 aliphatic heterocycles. The summed E-state index contributed by atoms with van der Waals surface area (Å²) in [5, 5.41) is 16.0. The van der Waals surface area contributed by atoms with Gasteiger partial charge in [-0.2, -0.15) is 0 Å². The zero-order valence-corrected chi connectivity index (χ0v) is 8.31. The second kappa shape index (κ2) is 5.44. The average Bonchev–Trinajstić information content (AvgIpc) is 2.00. The molecule has 0 aliphatic rings. The molecule has 0 saturated carbocycles. The first-order valence-electron chi connectivity index (χ1n) is 3.21. The van der Waals surface area contributed by atoms with E-state index in [0.29, 0.717) is 0 Å². The van der Waals surface area contributed by atoms with E-state index in [2.05, 4.69) is 0 Å². The Morgan fingerprint density at radius 2 is 1.73 bits per heavy atom. The summed E-state index contributed by atoms with van der Waals surface area (Å²) in [6.45, 7) is 1.35. The lowest BCUT2D eigenvalue weighted by atomic mass is 10.1. The van der Waals surface area contributed by atoms with Crippen molar-refractivity contribution in [3.63, 3.8) is 0 Å². The first kappa shape index (κ1) is 11.8. The second-order valence-electron chi connectivity index (χ2n) is 2.31. The van der Waals surface area contributed by atoms with E-state index in [0.717, 1.165) is 0 Å². The van der Waals surface area contributed by atoms with Gasteiger partial charge in [-0.1, -0.05) is 0 Å². The van der Waals surface area contributed by atoms with Crippen molar-refractivity contribution in [2.75, 3.05) is 6.61 Å². The van der Waals surface area contributed by atoms with E-state index in [4.69, 9.17) is 39.9 Å². The van der Waals surface area contributed by atoms with E-state index in [1.165, 1.54) is 0 Å². The Labute approximate surface area is 81.1 Å². The summed E-state index contributed by atoms with van der Waals surface area (Å²) >= 11 is 16.8. The van der Waals surface area contributed by atoms with Crippen LogP contribution in [0.4, 0.5) is 0 Å². The molecule has 0 aromatic heterocycles. The van der Waals surface area contributed by atoms with Gasteiger partial charge in [-0.25, -0.2) is 0 Å². The van der Waals surface area contributed by atoms with E-state index in [-0.39, 0.29) is 12.0 Å². The molecule has 0 radical (unpaired) electrons. The SMILES string of the molecule is C[C@@H](Cl)[C@H](Cl)[C@@H](O)[C@@H](Cl)CO. The molecule has 2 nitrogen and oxygen atoms in total.